The van der Waals surface area contributed by atoms with E-state index in [1.54, 1.807) is 6.20 Å². The molecule has 0 aliphatic carbocycles. The van der Waals surface area contributed by atoms with Gasteiger partial charge in [-0.05, 0) is 42.8 Å². The zero-order chi connectivity index (χ0) is 13.5. The molecule has 0 aliphatic heterocycles. The van der Waals surface area contributed by atoms with Crippen LogP contribution in [0.2, 0.25) is 0 Å². The molecule has 1 atom stereocenters. The van der Waals surface area contributed by atoms with Crippen LogP contribution in [0.3, 0.4) is 0 Å². The molecule has 0 saturated heterocycles. The van der Waals surface area contributed by atoms with Crippen molar-refractivity contribution in [3.05, 3.63) is 59.9 Å². The second-order valence-corrected chi connectivity index (χ2v) is 4.28. The number of nitrogens with one attached hydrogen (secondary N) is 1. The Morgan fingerprint density at radius 2 is 1.89 bits per heavy atom. The first-order valence-electron chi connectivity index (χ1n) is 6.71. The molecule has 19 heavy (non-hydrogen) atoms. The number of hydrogen-bond donors (Lipinski definition) is 1. The van der Waals surface area contributed by atoms with Crippen LogP contribution in [-0.4, -0.2) is 18.1 Å². The van der Waals surface area contributed by atoms with Crippen LogP contribution in [-0.2, 0) is 0 Å². The van der Waals surface area contributed by atoms with E-state index in [2.05, 4.69) is 35.4 Å². The zero-order valence-electron chi connectivity index (χ0n) is 11.5. The van der Waals surface area contributed by atoms with Crippen molar-refractivity contribution in [1.82, 2.24) is 10.3 Å². The molecule has 3 heteroatoms. The smallest absolute Gasteiger partial charge is 0.119 e. The normalized spacial score (nSPS) is 12.1. The van der Waals surface area contributed by atoms with E-state index in [1.807, 2.05) is 31.3 Å². The largest absolute Gasteiger partial charge is 0.494 e. The van der Waals surface area contributed by atoms with Gasteiger partial charge in [-0.25, -0.2) is 0 Å². The molecule has 0 bridgehead atoms. The third-order valence-corrected chi connectivity index (χ3v) is 2.95. The molecule has 0 radical (unpaired) electrons. The molecule has 2 aromatic rings. The fourth-order valence-corrected chi connectivity index (χ4v) is 2.10. The number of benzene rings is 1. The first-order valence-corrected chi connectivity index (χ1v) is 6.71. The van der Waals surface area contributed by atoms with Gasteiger partial charge in [0.05, 0.1) is 12.6 Å². The average Bonchev–Trinajstić information content (AvgIpc) is 2.47. The second kappa shape index (κ2) is 6.90. The van der Waals surface area contributed by atoms with Crippen LogP contribution in [0.1, 0.15) is 31.0 Å². The Morgan fingerprint density at radius 1 is 1.11 bits per heavy atom. The van der Waals surface area contributed by atoms with Gasteiger partial charge in [-0.2, -0.15) is 0 Å². The van der Waals surface area contributed by atoms with Crippen molar-refractivity contribution in [3.63, 3.8) is 0 Å². The summed E-state index contributed by atoms with van der Waals surface area (Å²) in [6, 6.07) is 12.5. The van der Waals surface area contributed by atoms with E-state index in [4.69, 9.17) is 4.74 Å². The van der Waals surface area contributed by atoms with Gasteiger partial charge in [0.25, 0.3) is 0 Å². The van der Waals surface area contributed by atoms with E-state index in [0.29, 0.717) is 6.61 Å². The molecule has 3 nitrogen and oxygen atoms in total. The van der Waals surface area contributed by atoms with Gasteiger partial charge in [0.1, 0.15) is 5.75 Å². The molecule has 0 amide bonds. The minimum absolute atomic E-state index is 0.175. The molecule has 1 heterocycles. The number of rotatable bonds is 6. The third kappa shape index (κ3) is 3.55. The molecule has 1 aromatic carbocycles. The lowest BCUT2D eigenvalue weighted by atomic mass is 10.00. The van der Waals surface area contributed by atoms with E-state index in [0.717, 1.165) is 12.3 Å². The number of aromatic nitrogens is 1. The molecular formula is C16H20N2O. The van der Waals surface area contributed by atoms with Crippen LogP contribution in [0.15, 0.2) is 48.8 Å². The van der Waals surface area contributed by atoms with Gasteiger partial charge in [-0.3, -0.25) is 4.98 Å². The Balaban J connectivity index is 2.24. The third-order valence-electron chi connectivity index (χ3n) is 2.95. The maximum absolute atomic E-state index is 5.47. The summed E-state index contributed by atoms with van der Waals surface area (Å²) in [5.41, 5.74) is 2.40. The lowest BCUT2D eigenvalue weighted by Gasteiger charge is -2.18. The summed E-state index contributed by atoms with van der Waals surface area (Å²) in [5.74, 6) is 0.910. The van der Waals surface area contributed by atoms with Crippen molar-refractivity contribution in [2.75, 3.05) is 13.2 Å². The molecule has 100 valence electrons. The predicted molar refractivity (Wildman–Crippen MR) is 77.4 cm³/mol. The highest BCUT2D eigenvalue weighted by Crippen LogP contribution is 2.23. The Morgan fingerprint density at radius 3 is 2.47 bits per heavy atom. The molecule has 0 saturated carbocycles. The highest BCUT2D eigenvalue weighted by molar-refractivity contribution is 5.34. The SMILES string of the molecule is CCNC(c1ccc(OCC)cc1)c1cccnc1. The maximum Gasteiger partial charge on any atom is 0.119 e. The Kier molecular flexibility index (Phi) is 4.93. The van der Waals surface area contributed by atoms with Gasteiger partial charge in [0.2, 0.25) is 0 Å². The summed E-state index contributed by atoms with van der Waals surface area (Å²) in [4.78, 5) is 4.20. The highest BCUT2D eigenvalue weighted by atomic mass is 16.5. The van der Waals surface area contributed by atoms with Gasteiger partial charge in [-0.1, -0.05) is 25.1 Å². The van der Waals surface area contributed by atoms with E-state index in [9.17, 15) is 0 Å². The molecule has 1 aromatic heterocycles. The van der Waals surface area contributed by atoms with Crippen molar-refractivity contribution >= 4 is 0 Å². The topological polar surface area (TPSA) is 34.1 Å². The van der Waals surface area contributed by atoms with Gasteiger partial charge in [0, 0.05) is 12.4 Å². The van der Waals surface area contributed by atoms with Gasteiger partial charge in [0.15, 0.2) is 0 Å². The van der Waals surface area contributed by atoms with Crippen LogP contribution < -0.4 is 10.1 Å². The molecule has 1 unspecified atom stereocenters. The minimum atomic E-state index is 0.175. The second-order valence-electron chi connectivity index (χ2n) is 4.28. The lowest BCUT2D eigenvalue weighted by molar-refractivity contribution is 0.340. The van der Waals surface area contributed by atoms with Gasteiger partial charge >= 0.3 is 0 Å². The quantitative estimate of drug-likeness (QED) is 0.862. The van der Waals surface area contributed by atoms with Crippen molar-refractivity contribution in [3.8, 4) is 5.75 Å². The maximum atomic E-state index is 5.47. The monoisotopic (exact) mass is 256 g/mol. The van der Waals surface area contributed by atoms with Crippen LogP contribution in [0.5, 0.6) is 5.75 Å². The molecule has 0 fully saturated rings. The summed E-state index contributed by atoms with van der Waals surface area (Å²) in [6.45, 7) is 5.70. The minimum Gasteiger partial charge on any atom is -0.494 e. The van der Waals surface area contributed by atoms with Gasteiger partial charge in [-0.15, -0.1) is 0 Å². The van der Waals surface area contributed by atoms with E-state index < -0.39 is 0 Å². The summed E-state index contributed by atoms with van der Waals surface area (Å²) in [7, 11) is 0. The standard InChI is InChI=1S/C16H20N2O/c1-3-18-16(14-6-5-11-17-12-14)13-7-9-15(10-8-13)19-4-2/h5-12,16,18H,3-4H2,1-2H3. The fraction of sp³-hybridized carbons (Fsp3) is 0.312. The number of ether oxygens (including phenoxy) is 1. The number of nitrogens with zero attached hydrogens (tertiary/aromatic N) is 1. The van der Waals surface area contributed by atoms with E-state index in [1.165, 1.54) is 11.1 Å². The average molecular weight is 256 g/mol. The number of hydrogen-bond acceptors (Lipinski definition) is 3. The molecular weight excluding hydrogens is 236 g/mol. The Labute approximate surface area is 114 Å². The molecule has 0 spiro atoms. The molecule has 0 aliphatic rings. The zero-order valence-corrected chi connectivity index (χ0v) is 11.5. The van der Waals surface area contributed by atoms with Crippen LogP contribution in [0.4, 0.5) is 0 Å². The first-order chi connectivity index (χ1) is 9.35. The van der Waals surface area contributed by atoms with Crippen LogP contribution in [0.25, 0.3) is 0 Å². The lowest BCUT2D eigenvalue weighted by Crippen LogP contribution is -2.22. The van der Waals surface area contributed by atoms with E-state index >= 15 is 0 Å². The van der Waals surface area contributed by atoms with Crippen LogP contribution >= 0.6 is 0 Å². The molecule has 2 rings (SSSR count). The van der Waals surface area contributed by atoms with Crippen molar-refractivity contribution in [2.24, 2.45) is 0 Å². The highest BCUT2D eigenvalue weighted by Gasteiger charge is 2.12. The number of pyridine rings is 1. The van der Waals surface area contributed by atoms with Crippen molar-refractivity contribution in [1.29, 1.82) is 0 Å². The Bertz CT molecular complexity index is 482. The van der Waals surface area contributed by atoms with Crippen molar-refractivity contribution in [2.45, 2.75) is 19.9 Å². The summed E-state index contributed by atoms with van der Waals surface area (Å²) < 4.78 is 5.47. The van der Waals surface area contributed by atoms with Gasteiger partial charge < -0.3 is 10.1 Å². The van der Waals surface area contributed by atoms with Crippen molar-refractivity contribution < 1.29 is 4.74 Å². The summed E-state index contributed by atoms with van der Waals surface area (Å²) >= 11 is 0. The summed E-state index contributed by atoms with van der Waals surface area (Å²) in [5, 5.41) is 3.49. The Hall–Kier alpha value is -1.87. The van der Waals surface area contributed by atoms with Crippen LogP contribution in [0, 0.1) is 0 Å². The predicted octanol–water partition coefficient (Wildman–Crippen LogP) is 3.18. The summed E-state index contributed by atoms with van der Waals surface area (Å²) in [6.07, 6.45) is 3.70. The molecule has 1 N–H and O–H groups in total. The fourth-order valence-electron chi connectivity index (χ4n) is 2.10. The first kappa shape index (κ1) is 13.6. The van der Waals surface area contributed by atoms with E-state index in [-0.39, 0.29) is 6.04 Å².